The summed E-state index contributed by atoms with van der Waals surface area (Å²) in [6, 6.07) is 0. The highest BCUT2D eigenvalue weighted by atomic mass is 15.2. The van der Waals surface area contributed by atoms with Crippen molar-refractivity contribution in [2.45, 2.75) is 25.7 Å². The van der Waals surface area contributed by atoms with Gasteiger partial charge in [-0.2, -0.15) is 0 Å². The predicted molar refractivity (Wildman–Crippen MR) is 47.4 cm³/mol. The summed E-state index contributed by atoms with van der Waals surface area (Å²) in [6.07, 6.45) is 5.57. The summed E-state index contributed by atoms with van der Waals surface area (Å²) in [5.41, 5.74) is 0. The van der Waals surface area contributed by atoms with Crippen molar-refractivity contribution in [3.05, 3.63) is 0 Å². The summed E-state index contributed by atoms with van der Waals surface area (Å²) >= 11 is 0. The van der Waals surface area contributed by atoms with E-state index in [0.29, 0.717) is 0 Å². The standard InChI is InChI=1S/C8H16BN2/c1-2-6-10(5-1)9-11-7-3-4-8-11/h1-8H2. The van der Waals surface area contributed by atoms with Gasteiger partial charge in [-0.25, -0.2) is 0 Å². The molecule has 2 fully saturated rings. The average Bonchev–Trinajstić information content (AvgIpc) is 2.60. The fourth-order valence-corrected chi connectivity index (χ4v) is 1.95. The van der Waals surface area contributed by atoms with E-state index in [1.807, 2.05) is 0 Å². The van der Waals surface area contributed by atoms with Gasteiger partial charge in [0.25, 0.3) is 0 Å². The molecule has 0 saturated carbocycles. The molecule has 2 saturated heterocycles. The first kappa shape index (κ1) is 7.62. The molecule has 61 valence electrons. The molecule has 3 heteroatoms. The molecule has 0 atom stereocenters. The van der Waals surface area contributed by atoms with Gasteiger partial charge in [-0.05, 0) is 51.9 Å². The minimum atomic E-state index is 1.29. The first-order valence-corrected chi connectivity index (χ1v) is 4.78. The van der Waals surface area contributed by atoms with Gasteiger partial charge in [-0.3, -0.25) is 0 Å². The molecule has 2 aliphatic heterocycles. The summed E-state index contributed by atoms with van der Waals surface area (Å²) in [4.78, 5) is 4.93. The van der Waals surface area contributed by atoms with Gasteiger partial charge in [0.15, 0.2) is 0 Å². The van der Waals surface area contributed by atoms with E-state index >= 15 is 0 Å². The Morgan fingerprint density at radius 3 is 1.36 bits per heavy atom. The van der Waals surface area contributed by atoms with Crippen LogP contribution in [0.2, 0.25) is 0 Å². The molecule has 1 radical (unpaired) electrons. The van der Waals surface area contributed by atoms with E-state index in [4.69, 9.17) is 0 Å². The molecule has 0 bridgehead atoms. The number of nitrogens with zero attached hydrogens (tertiary/aromatic N) is 2. The van der Waals surface area contributed by atoms with Crippen molar-refractivity contribution in [1.82, 2.24) is 9.62 Å². The van der Waals surface area contributed by atoms with Crippen LogP contribution in [0.25, 0.3) is 0 Å². The van der Waals surface area contributed by atoms with Gasteiger partial charge in [-0.15, -0.1) is 0 Å². The van der Waals surface area contributed by atoms with Crippen LogP contribution in [-0.2, 0) is 0 Å². The summed E-state index contributed by atoms with van der Waals surface area (Å²) in [5.74, 6) is 0. The third-order valence-electron chi connectivity index (χ3n) is 2.61. The highest BCUT2D eigenvalue weighted by Gasteiger charge is 2.19. The zero-order valence-corrected chi connectivity index (χ0v) is 7.13. The van der Waals surface area contributed by atoms with Gasteiger partial charge < -0.3 is 9.62 Å². The SMILES string of the molecule is [B](N1CCCC1)N1CCCC1. The molecule has 0 aromatic heterocycles. The van der Waals surface area contributed by atoms with Crippen molar-refractivity contribution < 1.29 is 0 Å². The average molecular weight is 151 g/mol. The van der Waals surface area contributed by atoms with Crippen LogP contribution in [0.1, 0.15) is 25.7 Å². The van der Waals surface area contributed by atoms with Gasteiger partial charge in [-0.1, -0.05) is 0 Å². The van der Waals surface area contributed by atoms with Crippen LogP contribution in [0.5, 0.6) is 0 Å². The van der Waals surface area contributed by atoms with Gasteiger partial charge in [0, 0.05) is 0 Å². The van der Waals surface area contributed by atoms with Crippen LogP contribution in [0, 0.1) is 0 Å². The Morgan fingerprint density at radius 2 is 1.00 bits per heavy atom. The number of hydrogen-bond acceptors (Lipinski definition) is 2. The molecule has 2 rings (SSSR count). The molecule has 0 aromatic carbocycles. The Bertz CT molecular complexity index is 103. The highest BCUT2D eigenvalue weighted by molar-refractivity contribution is 6.28. The van der Waals surface area contributed by atoms with Crippen LogP contribution in [0.3, 0.4) is 0 Å². The minimum Gasteiger partial charge on any atom is -0.332 e. The fraction of sp³-hybridized carbons (Fsp3) is 1.00. The Kier molecular flexibility index (Phi) is 2.49. The number of hydrogen-bond donors (Lipinski definition) is 0. The van der Waals surface area contributed by atoms with Crippen molar-refractivity contribution >= 4 is 7.55 Å². The minimum absolute atomic E-state index is 1.29. The maximum absolute atomic E-state index is 2.46. The second-order valence-electron chi connectivity index (χ2n) is 3.60. The first-order valence-electron chi connectivity index (χ1n) is 4.78. The van der Waals surface area contributed by atoms with Gasteiger partial charge in [0.1, 0.15) is 0 Å². The maximum Gasteiger partial charge on any atom is 0.313 e. The smallest absolute Gasteiger partial charge is 0.313 e. The lowest BCUT2D eigenvalue weighted by molar-refractivity contribution is 0.451. The lowest BCUT2D eigenvalue weighted by Crippen LogP contribution is -2.38. The zero-order chi connectivity index (χ0) is 7.52. The summed E-state index contributed by atoms with van der Waals surface area (Å²) in [6.45, 7) is 5.15. The second kappa shape index (κ2) is 3.59. The molecule has 0 aromatic rings. The Morgan fingerprint density at radius 1 is 0.636 bits per heavy atom. The van der Waals surface area contributed by atoms with Crippen LogP contribution in [-0.4, -0.2) is 43.4 Å². The molecule has 2 aliphatic rings. The molecule has 2 heterocycles. The van der Waals surface area contributed by atoms with E-state index in [2.05, 4.69) is 17.2 Å². The lowest BCUT2D eigenvalue weighted by atomic mass is 10.1. The third-order valence-corrected chi connectivity index (χ3v) is 2.61. The predicted octanol–water partition coefficient (Wildman–Crippen LogP) is 0.712. The summed E-state index contributed by atoms with van der Waals surface area (Å²) < 4.78 is 0. The van der Waals surface area contributed by atoms with Gasteiger partial charge in [0.2, 0.25) is 0 Å². The van der Waals surface area contributed by atoms with Gasteiger partial charge >= 0.3 is 7.55 Å². The van der Waals surface area contributed by atoms with Crippen LogP contribution in [0.4, 0.5) is 0 Å². The molecule has 0 spiro atoms. The highest BCUT2D eigenvalue weighted by Crippen LogP contribution is 2.10. The molecule has 2 nitrogen and oxygen atoms in total. The molecular weight excluding hydrogens is 135 g/mol. The zero-order valence-electron chi connectivity index (χ0n) is 7.13. The molecule has 0 amide bonds. The van der Waals surface area contributed by atoms with E-state index < -0.39 is 0 Å². The van der Waals surface area contributed by atoms with E-state index in [1.165, 1.54) is 51.9 Å². The normalized spacial score (nSPS) is 28.0. The van der Waals surface area contributed by atoms with Crippen LogP contribution >= 0.6 is 0 Å². The quantitative estimate of drug-likeness (QED) is 0.536. The molecule has 0 aliphatic carbocycles. The molecule has 11 heavy (non-hydrogen) atoms. The Balaban J connectivity index is 1.71. The van der Waals surface area contributed by atoms with Crippen molar-refractivity contribution in [3.8, 4) is 0 Å². The van der Waals surface area contributed by atoms with Crippen molar-refractivity contribution in [2.24, 2.45) is 0 Å². The molecule has 0 unspecified atom stereocenters. The maximum atomic E-state index is 2.46. The lowest BCUT2D eigenvalue weighted by Gasteiger charge is -2.20. The Hall–Kier alpha value is -0.0151. The van der Waals surface area contributed by atoms with Crippen LogP contribution in [0.15, 0.2) is 0 Å². The Labute approximate surface area is 69.8 Å². The van der Waals surface area contributed by atoms with E-state index in [9.17, 15) is 0 Å². The topological polar surface area (TPSA) is 6.48 Å². The van der Waals surface area contributed by atoms with Gasteiger partial charge in [0.05, 0.1) is 0 Å². The number of rotatable bonds is 2. The second-order valence-corrected chi connectivity index (χ2v) is 3.60. The summed E-state index contributed by atoms with van der Waals surface area (Å²) in [7, 11) is 2.35. The summed E-state index contributed by atoms with van der Waals surface area (Å²) in [5, 5.41) is 0. The third kappa shape index (κ3) is 1.97. The van der Waals surface area contributed by atoms with E-state index in [0.717, 1.165) is 0 Å². The largest absolute Gasteiger partial charge is 0.332 e. The molecule has 0 N–H and O–H groups in total. The van der Waals surface area contributed by atoms with Crippen molar-refractivity contribution in [2.75, 3.05) is 26.2 Å². The van der Waals surface area contributed by atoms with Crippen molar-refractivity contribution in [1.29, 1.82) is 0 Å². The fourth-order valence-electron chi connectivity index (χ4n) is 1.95. The molecular formula is C8H16BN2. The van der Waals surface area contributed by atoms with E-state index in [1.54, 1.807) is 0 Å². The monoisotopic (exact) mass is 151 g/mol. The van der Waals surface area contributed by atoms with E-state index in [-0.39, 0.29) is 0 Å². The van der Waals surface area contributed by atoms with Crippen molar-refractivity contribution in [3.63, 3.8) is 0 Å². The first-order chi connectivity index (χ1) is 5.45. The van der Waals surface area contributed by atoms with Crippen LogP contribution < -0.4 is 0 Å².